The summed E-state index contributed by atoms with van der Waals surface area (Å²) in [6.45, 7) is 2.91. The van der Waals surface area contributed by atoms with Crippen molar-refractivity contribution in [3.8, 4) is 0 Å². The van der Waals surface area contributed by atoms with E-state index in [1.807, 2.05) is 13.0 Å². The van der Waals surface area contributed by atoms with Gasteiger partial charge in [0.2, 0.25) is 0 Å². The fraction of sp³-hybridized carbons (Fsp3) is 0.500. The van der Waals surface area contributed by atoms with Gasteiger partial charge in [-0.1, -0.05) is 29.3 Å². The molecule has 2 nitrogen and oxygen atoms in total. The molecule has 0 radical (unpaired) electrons. The van der Waals surface area contributed by atoms with Crippen LogP contribution in [0.4, 0.5) is 0 Å². The molecule has 1 unspecified atom stereocenters. The van der Waals surface area contributed by atoms with Gasteiger partial charge in [-0.3, -0.25) is 4.79 Å². The van der Waals surface area contributed by atoms with Crippen molar-refractivity contribution in [2.24, 2.45) is 0 Å². The molecule has 1 aliphatic heterocycles. The highest BCUT2D eigenvalue weighted by molar-refractivity contribution is 6.42. The number of nitrogens with one attached hydrogen (secondary N) is 1. The van der Waals surface area contributed by atoms with E-state index in [1.165, 1.54) is 0 Å². The zero-order valence-corrected chi connectivity index (χ0v) is 11.9. The molecule has 1 aromatic rings. The van der Waals surface area contributed by atoms with Gasteiger partial charge >= 0.3 is 0 Å². The summed E-state index contributed by atoms with van der Waals surface area (Å²) in [7, 11) is 0. The predicted octanol–water partition coefficient (Wildman–Crippen LogP) is 3.64. The van der Waals surface area contributed by atoms with Crippen LogP contribution >= 0.6 is 23.2 Å². The fourth-order valence-corrected chi connectivity index (χ4v) is 2.64. The van der Waals surface area contributed by atoms with Gasteiger partial charge in [0.25, 0.3) is 0 Å². The number of carbonyl (C=O) groups is 1. The Labute approximate surface area is 118 Å². The molecule has 1 heterocycles. The van der Waals surface area contributed by atoms with Gasteiger partial charge in [-0.05, 0) is 50.4 Å². The molecule has 0 saturated carbocycles. The number of Topliss-reactive ketones (excluding diaryl/α,β-unsaturated/α-hetero) is 1. The molecule has 98 valence electrons. The summed E-state index contributed by atoms with van der Waals surface area (Å²) in [5, 5.41) is 4.36. The minimum absolute atomic E-state index is 0.223. The average Bonchev–Trinajstić information content (AvgIpc) is 2.35. The molecule has 4 heteroatoms. The van der Waals surface area contributed by atoms with Crippen LogP contribution in [0.1, 0.15) is 31.7 Å². The van der Waals surface area contributed by atoms with Gasteiger partial charge in [-0.25, -0.2) is 0 Å². The van der Waals surface area contributed by atoms with Crippen molar-refractivity contribution in [3.05, 3.63) is 33.8 Å². The zero-order chi connectivity index (χ0) is 13.2. The van der Waals surface area contributed by atoms with Gasteiger partial charge in [0.15, 0.2) is 5.78 Å². The molecule has 0 amide bonds. The summed E-state index contributed by atoms with van der Waals surface area (Å²) in [4.78, 5) is 12.3. The van der Waals surface area contributed by atoms with Crippen molar-refractivity contribution in [2.75, 3.05) is 6.54 Å². The van der Waals surface area contributed by atoms with Crippen molar-refractivity contribution in [1.82, 2.24) is 5.32 Å². The molecule has 1 N–H and O–H groups in total. The third-order valence-corrected chi connectivity index (χ3v) is 4.32. The number of halogens is 2. The Morgan fingerprint density at radius 2 is 2.11 bits per heavy atom. The van der Waals surface area contributed by atoms with Crippen LogP contribution in [0.5, 0.6) is 0 Å². The number of rotatable bonds is 3. The quantitative estimate of drug-likeness (QED) is 0.919. The minimum Gasteiger partial charge on any atom is -0.305 e. The average molecular weight is 286 g/mol. The topological polar surface area (TPSA) is 29.1 Å². The van der Waals surface area contributed by atoms with E-state index in [0.29, 0.717) is 16.5 Å². The Morgan fingerprint density at radius 1 is 1.33 bits per heavy atom. The van der Waals surface area contributed by atoms with E-state index in [1.54, 1.807) is 12.1 Å². The highest BCUT2D eigenvalue weighted by atomic mass is 35.5. The SMILES string of the molecule is CC1(C(=O)Cc2ccc(Cl)c(Cl)c2)CCCCN1. The molecule has 1 atom stereocenters. The van der Waals surface area contributed by atoms with Gasteiger partial charge in [-0.15, -0.1) is 0 Å². The Morgan fingerprint density at radius 3 is 2.72 bits per heavy atom. The van der Waals surface area contributed by atoms with Crippen molar-refractivity contribution in [3.63, 3.8) is 0 Å². The number of piperidine rings is 1. The zero-order valence-electron chi connectivity index (χ0n) is 10.4. The Balaban J connectivity index is 2.08. The number of ketones is 1. The molecular weight excluding hydrogens is 269 g/mol. The second-order valence-corrected chi connectivity index (χ2v) is 5.88. The van der Waals surface area contributed by atoms with Crippen LogP contribution in [0.3, 0.4) is 0 Å². The van der Waals surface area contributed by atoms with E-state index >= 15 is 0 Å². The first-order valence-electron chi connectivity index (χ1n) is 6.23. The van der Waals surface area contributed by atoms with Crippen LogP contribution < -0.4 is 5.32 Å². The van der Waals surface area contributed by atoms with E-state index in [4.69, 9.17) is 23.2 Å². The van der Waals surface area contributed by atoms with Crippen molar-refractivity contribution >= 4 is 29.0 Å². The van der Waals surface area contributed by atoms with Gasteiger partial charge in [-0.2, -0.15) is 0 Å². The lowest BCUT2D eigenvalue weighted by atomic mass is 9.84. The highest BCUT2D eigenvalue weighted by Crippen LogP contribution is 2.25. The largest absolute Gasteiger partial charge is 0.305 e. The first-order valence-corrected chi connectivity index (χ1v) is 6.99. The fourth-order valence-electron chi connectivity index (χ4n) is 2.32. The summed E-state index contributed by atoms with van der Waals surface area (Å²) < 4.78 is 0. The maximum Gasteiger partial charge on any atom is 0.156 e. The summed E-state index contributed by atoms with van der Waals surface area (Å²) >= 11 is 11.8. The smallest absolute Gasteiger partial charge is 0.156 e. The molecule has 18 heavy (non-hydrogen) atoms. The molecule has 1 saturated heterocycles. The van der Waals surface area contributed by atoms with Crippen LogP contribution in [-0.2, 0) is 11.2 Å². The first-order chi connectivity index (χ1) is 8.51. The lowest BCUT2D eigenvalue weighted by molar-refractivity contribution is -0.125. The van der Waals surface area contributed by atoms with E-state index in [-0.39, 0.29) is 11.3 Å². The molecule has 0 aliphatic carbocycles. The second-order valence-electron chi connectivity index (χ2n) is 5.06. The van der Waals surface area contributed by atoms with Gasteiger partial charge in [0.05, 0.1) is 15.6 Å². The number of hydrogen-bond donors (Lipinski definition) is 1. The standard InChI is InChI=1S/C14H17Cl2NO/c1-14(6-2-3-7-17-14)13(18)9-10-4-5-11(15)12(16)8-10/h4-5,8,17H,2-3,6-7,9H2,1H3. The normalized spacial score (nSPS) is 23.9. The summed E-state index contributed by atoms with van der Waals surface area (Å²) in [6.07, 6.45) is 3.57. The van der Waals surface area contributed by atoms with E-state index in [0.717, 1.165) is 31.4 Å². The Bertz CT molecular complexity index is 453. The first kappa shape index (κ1) is 13.9. The number of benzene rings is 1. The minimum atomic E-state index is -0.385. The van der Waals surface area contributed by atoms with Crippen LogP contribution in [0.25, 0.3) is 0 Å². The maximum absolute atomic E-state index is 12.3. The molecular formula is C14H17Cl2NO. The molecule has 1 fully saturated rings. The van der Waals surface area contributed by atoms with Crippen LogP contribution in [-0.4, -0.2) is 17.9 Å². The highest BCUT2D eigenvalue weighted by Gasteiger charge is 2.33. The maximum atomic E-state index is 12.3. The predicted molar refractivity (Wildman–Crippen MR) is 75.4 cm³/mol. The lowest BCUT2D eigenvalue weighted by Crippen LogP contribution is -2.52. The third-order valence-electron chi connectivity index (χ3n) is 3.58. The second kappa shape index (κ2) is 5.60. The van der Waals surface area contributed by atoms with Crippen molar-refractivity contribution in [1.29, 1.82) is 0 Å². The molecule has 0 spiro atoms. The molecule has 0 bridgehead atoms. The van der Waals surface area contributed by atoms with Crippen molar-refractivity contribution < 1.29 is 4.79 Å². The molecule has 2 rings (SSSR count). The Kier molecular flexibility index (Phi) is 4.31. The number of carbonyl (C=O) groups excluding carboxylic acids is 1. The van der Waals surface area contributed by atoms with E-state index < -0.39 is 0 Å². The molecule has 0 aromatic heterocycles. The van der Waals surface area contributed by atoms with Gasteiger partial charge < -0.3 is 5.32 Å². The van der Waals surface area contributed by atoms with E-state index in [9.17, 15) is 4.79 Å². The lowest BCUT2D eigenvalue weighted by Gasteiger charge is -2.33. The van der Waals surface area contributed by atoms with Crippen molar-refractivity contribution in [2.45, 2.75) is 38.1 Å². The summed E-state index contributed by atoms with van der Waals surface area (Å²) in [5.74, 6) is 0.223. The summed E-state index contributed by atoms with van der Waals surface area (Å²) in [6, 6.07) is 5.37. The summed E-state index contributed by atoms with van der Waals surface area (Å²) in [5.41, 5.74) is 0.535. The third kappa shape index (κ3) is 3.05. The van der Waals surface area contributed by atoms with E-state index in [2.05, 4.69) is 5.32 Å². The van der Waals surface area contributed by atoms with Crippen LogP contribution in [0.15, 0.2) is 18.2 Å². The Hall–Kier alpha value is -0.570. The monoisotopic (exact) mass is 285 g/mol. The molecule has 1 aliphatic rings. The number of hydrogen-bond acceptors (Lipinski definition) is 2. The molecule has 1 aromatic carbocycles. The van der Waals surface area contributed by atoms with Gasteiger partial charge in [0.1, 0.15) is 0 Å². The van der Waals surface area contributed by atoms with Crippen LogP contribution in [0.2, 0.25) is 10.0 Å². The van der Waals surface area contributed by atoms with Gasteiger partial charge in [0, 0.05) is 6.42 Å². The van der Waals surface area contributed by atoms with Crippen LogP contribution in [0, 0.1) is 0 Å².